The third kappa shape index (κ3) is 4.01. The van der Waals surface area contributed by atoms with Crippen molar-refractivity contribution < 1.29 is 18.3 Å². The summed E-state index contributed by atoms with van der Waals surface area (Å²) in [6.45, 7) is -2.91. The van der Waals surface area contributed by atoms with E-state index in [0.29, 0.717) is 16.9 Å². The van der Waals surface area contributed by atoms with E-state index >= 15 is 0 Å². The zero-order chi connectivity index (χ0) is 19.4. The first-order valence-corrected chi connectivity index (χ1v) is 7.68. The van der Waals surface area contributed by atoms with Gasteiger partial charge in [0.15, 0.2) is 0 Å². The van der Waals surface area contributed by atoms with E-state index in [1.165, 1.54) is 35.1 Å². The highest BCUT2D eigenvalue weighted by Gasteiger charge is 2.11. The number of nitrogens with one attached hydrogen (secondary N) is 1. The second kappa shape index (κ2) is 7.53. The molecule has 7 nitrogen and oxygen atoms in total. The van der Waals surface area contributed by atoms with Crippen LogP contribution in [0.2, 0.25) is 0 Å². The lowest BCUT2D eigenvalue weighted by Gasteiger charge is -2.09. The van der Waals surface area contributed by atoms with Crippen LogP contribution in [-0.4, -0.2) is 22.3 Å². The first kappa shape index (κ1) is 17.9. The summed E-state index contributed by atoms with van der Waals surface area (Å²) in [5.41, 5.74) is 7.49. The van der Waals surface area contributed by atoms with Gasteiger partial charge in [0, 0.05) is 11.3 Å². The number of anilines is 2. The largest absolute Gasteiger partial charge is 0.435 e. The summed E-state index contributed by atoms with van der Waals surface area (Å²) in [6.07, 6.45) is 1.36. The number of amides is 1. The molecule has 0 saturated carbocycles. The molecule has 0 aliphatic heterocycles. The highest BCUT2D eigenvalue weighted by molar-refractivity contribution is 6.04. The van der Waals surface area contributed by atoms with E-state index in [4.69, 9.17) is 11.0 Å². The van der Waals surface area contributed by atoms with Gasteiger partial charge in [-0.25, -0.2) is 4.68 Å². The first-order valence-electron chi connectivity index (χ1n) is 7.68. The van der Waals surface area contributed by atoms with Gasteiger partial charge in [-0.1, -0.05) is 0 Å². The fourth-order valence-electron chi connectivity index (χ4n) is 2.33. The molecular weight excluding hydrogens is 356 g/mol. The van der Waals surface area contributed by atoms with Crippen LogP contribution in [0.4, 0.5) is 20.3 Å². The Morgan fingerprint density at radius 1 is 1.19 bits per heavy atom. The fraction of sp³-hybridized carbons (Fsp3) is 0.0556. The molecule has 0 bridgehead atoms. The van der Waals surface area contributed by atoms with Crippen LogP contribution in [0.3, 0.4) is 0 Å². The fourth-order valence-corrected chi connectivity index (χ4v) is 2.33. The molecular formula is C18H13F2N5O2. The van der Waals surface area contributed by atoms with Crippen molar-refractivity contribution in [2.45, 2.75) is 6.61 Å². The number of nitrogen functional groups attached to an aromatic ring is 1. The van der Waals surface area contributed by atoms with E-state index in [-0.39, 0.29) is 23.0 Å². The topological polar surface area (TPSA) is 106 Å². The minimum absolute atomic E-state index is 0.000835. The number of ether oxygens (including phenoxy) is 1. The number of hydrogen-bond donors (Lipinski definition) is 2. The summed E-state index contributed by atoms with van der Waals surface area (Å²) in [7, 11) is 0. The van der Waals surface area contributed by atoms with Crippen molar-refractivity contribution >= 4 is 17.4 Å². The molecule has 136 valence electrons. The van der Waals surface area contributed by atoms with Gasteiger partial charge in [-0.2, -0.15) is 19.1 Å². The second-order valence-corrected chi connectivity index (χ2v) is 5.37. The summed E-state index contributed by atoms with van der Waals surface area (Å²) >= 11 is 0. The number of rotatable bonds is 5. The van der Waals surface area contributed by atoms with Crippen LogP contribution < -0.4 is 15.8 Å². The first-order chi connectivity index (χ1) is 13.0. The second-order valence-electron chi connectivity index (χ2n) is 5.37. The van der Waals surface area contributed by atoms with Gasteiger partial charge in [-0.15, -0.1) is 0 Å². The number of hydrogen-bond acceptors (Lipinski definition) is 5. The Morgan fingerprint density at radius 3 is 2.41 bits per heavy atom. The van der Waals surface area contributed by atoms with Crippen molar-refractivity contribution in [3.05, 3.63) is 65.9 Å². The van der Waals surface area contributed by atoms with E-state index in [1.807, 2.05) is 6.07 Å². The van der Waals surface area contributed by atoms with E-state index in [1.54, 1.807) is 24.3 Å². The van der Waals surface area contributed by atoms with Crippen LogP contribution >= 0.6 is 0 Å². The van der Waals surface area contributed by atoms with Gasteiger partial charge in [0.05, 0.1) is 11.9 Å². The van der Waals surface area contributed by atoms with Gasteiger partial charge in [0.25, 0.3) is 5.91 Å². The summed E-state index contributed by atoms with van der Waals surface area (Å²) in [4.78, 5) is 12.3. The molecule has 0 saturated heterocycles. The lowest BCUT2D eigenvalue weighted by Crippen LogP contribution is -2.12. The van der Waals surface area contributed by atoms with Gasteiger partial charge >= 0.3 is 6.61 Å². The van der Waals surface area contributed by atoms with Crippen LogP contribution in [-0.2, 0) is 0 Å². The molecule has 1 heterocycles. The number of alkyl halides is 2. The molecule has 27 heavy (non-hydrogen) atoms. The normalized spacial score (nSPS) is 10.4. The molecule has 0 spiro atoms. The van der Waals surface area contributed by atoms with E-state index < -0.39 is 6.61 Å². The van der Waals surface area contributed by atoms with Crippen molar-refractivity contribution in [3.8, 4) is 17.5 Å². The van der Waals surface area contributed by atoms with E-state index in [0.717, 1.165) is 0 Å². The predicted molar refractivity (Wildman–Crippen MR) is 93.7 cm³/mol. The minimum Gasteiger partial charge on any atom is -0.435 e. The predicted octanol–water partition coefficient (Wildman–Crippen LogP) is 3.18. The summed E-state index contributed by atoms with van der Waals surface area (Å²) < 4.78 is 29.9. The SMILES string of the molecule is N#Cc1cnn(-c2ccc(C(=O)Nc3ccc(OC(F)F)cc3)cc2)c1N. The number of halogens is 2. The molecule has 3 rings (SSSR count). The minimum atomic E-state index is -2.91. The molecule has 3 N–H and O–H groups in total. The molecule has 3 aromatic rings. The standard InChI is InChI=1S/C18H13F2N5O2/c19-18(20)27-15-7-3-13(4-8-15)24-17(26)11-1-5-14(6-2-11)25-16(22)12(9-21)10-23-25/h1-8,10,18H,22H2,(H,24,26). The molecule has 1 amide bonds. The Kier molecular flexibility index (Phi) is 4.99. The highest BCUT2D eigenvalue weighted by atomic mass is 19.3. The average molecular weight is 369 g/mol. The Balaban J connectivity index is 1.70. The molecule has 9 heteroatoms. The number of nitrogens with two attached hydrogens (primary N) is 1. The quantitative estimate of drug-likeness (QED) is 0.718. The molecule has 0 aliphatic rings. The van der Waals surface area contributed by atoms with Gasteiger partial charge < -0.3 is 15.8 Å². The van der Waals surface area contributed by atoms with Crippen molar-refractivity contribution in [1.29, 1.82) is 5.26 Å². The summed E-state index contributed by atoms with van der Waals surface area (Å²) in [5.74, 6) is -0.170. The van der Waals surface area contributed by atoms with E-state index in [2.05, 4.69) is 15.2 Å². The Hall–Kier alpha value is -3.93. The molecule has 0 atom stereocenters. The van der Waals surface area contributed by atoms with Crippen LogP contribution in [0.15, 0.2) is 54.7 Å². The monoisotopic (exact) mass is 369 g/mol. The molecule has 2 aromatic carbocycles. The molecule has 0 unspecified atom stereocenters. The van der Waals surface area contributed by atoms with Crippen molar-refractivity contribution in [3.63, 3.8) is 0 Å². The van der Waals surface area contributed by atoms with Crippen molar-refractivity contribution in [1.82, 2.24) is 9.78 Å². The average Bonchev–Trinajstić information content (AvgIpc) is 3.03. The number of carbonyl (C=O) groups excluding carboxylic acids is 1. The third-order valence-electron chi connectivity index (χ3n) is 3.64. The maximum absolute atomic E-state index is 12.3. The van der Waals surface area contributed by atoms with Crippen molar-refractivity contribution in [2.24, 2.45) is 0 Å². The third-order valence-corrected chi connectivity index (χ3v) is 3.64. The van der Waals surface area contributed by atoms with Crippen LogP contribution in [0.25, 0.3) is 5.69 Å². The van der Waals surface area contributed by atoms with Gasteiger partial charge in [0.1, 0.15) is 23.2 Å². The lowest BCUT2D eigenvalue weighted by atomic mass is 10.2. The Labute approximate surface area is 152 Å². The van der Waals surface area contributed by atoms with Gasteiger partial charge in [0.2, 0.25) is 0 Å². The molecule has 0 radical (unpaired) electrons. The van der Waals surface area contributed by atoms with Gasteiger partial charge in [-0.05, 0) is 48.5 Å². The maximum Gasteiger partial charge on any atom is 0.387 e. The number of nitrogens with zero attached hydrogens (tertiary/aromatic N) is 3. The number of aromatic nitrogens is 2. The Bertz CT molecular complexity index is 992. The molecule has 0 fully saturated rings. The van der Waals surface area contributed by atoms with Crippen LogP contribution in [0, 0.1) is 11.3 Å². The smallest absolute Gasteiger partial charge is 0.387 e. The molecule has 1 aromatic heterocycles. The van der Waals surface area contributed by atoms with Gasteiger partial charge in [-0.3, -0.25) is 4.79 Å². The van der Waals surface area contributed by atoms with Crippen molar-refractivity contribution in [2.75, 3.05) is 11.1 Å². The van der Waals surface area contributed by atoms with E-state index in [9.17, 15) is 13.6 Å². The summed E-state index contributed by atoms with van der Waals surface area (Å²) in [5, 5.41) is 15.6. The zero-order valence-electron chi connectivity index (χ0n) is 13.8. The number of benzene rings is 2. The number of carbonyl (C=O) groups is 1. The Morgan fingerprint density at radius 2 is 1.85 bits per heavy atom. The van der Waals surface area contributed by atoms with Crippen LogP contribution in [0.1, 0.15) is 15.9 Å². The lowest BCUT2D eigenvalue weighted by molar-refractivity contribution is -0.0498. The highest BCUT2D eigenvalue weighted by Crippen LogP contribution is 2.20. The zero-order valence-corrected chi connectivity index (χ0v) is 13.8. The van der Waals surface area contributed by atoms with Crippen LogP contribution in [0.5, 0.6) is 5.75 Å². The molecule has 0 aliphatic carbocycles. The maximum atomic E-state index is 12.3. The number of nitriles is 1. The summed E-state index contributed by atoms with van der Waals surface area (Å²) in [6, 6.07) is 13.9.